The quantitative estimate of drug-likeness (QED) is 0.517. The van der Waals surface area contributed by atoms with E-state index in [1.165, 1.54) is 18.7 Å². The van der Waals surface area contributed by atoms with Crippen LogP contribution in [-0.2, 0) is 13.0 Å². The number of benzene rings is 1. The lowest BCUT2D eigenvalue weighted by molar-refractivity contribution is -1.03. The highest BCUT2D eigenvalue weighted by Crippen LogP contribution is 2.27. The van der Waals surface area contributed by atoms with E-state index in [-0.39, 0.29) is 0 Å². The molecule has 1 aromatic carbocycles. The average Bonchev–Trinajstić information content (AvgIpc) is 3.22. The van der Waals surface area contributed by atoms with Crippen LogP contribution in [0.4, 0.5) is 0 Å². The van der Waals surface area contributed by atoms with Crippen molar-refractivity contribution < 1.29 is 19.3 Å². The predicted octanol–water partition coefficient (Wildman–Crippen LogP) is -0.646. The van der Waals surface area contributed by atoms with Crippen LogP contribution in [0.25, 0.3) is 0 Å². The minimum Gasteiger partial charge on any atom is -0.493 e. The molecule has 158 valence electrons. The molecule has 1 aliphatic rings. The summed E-state index contributed by atoms with van der Waals surface area (Å²) in [4.78, 5) is 3.20. The molecule has 1 atom stereocenters. The zero-order chi connectivity index (χ0) is 20.6. The van der Waals surface area contributed by atoms with E-state index in [2.05, 4.69) is 35.1 Å². The normalized spacial score (nSPS) is 20.2. The highest BCUT2D eigenvalue weighted by atomic mass is 16.5. The summed E-state index contributed by atoms with van der Waals surface area (Å²) in [5.41, 5.74) is 1.17. The Bertz CT molecular complexity index is 785. The maximum atomic E-state index is 5.41. The smallest absolute Gasteiger partial charge is 0.209 e. The molecule has 2 N–H and O–H groups in total. The number of aryl methyl sites for hydroxylation is 2. The van der Waals surface area contributed by atoms with Crippen molar-refractivity contribution in [3.63, 3.8) is 0 Å². The lowest BCUT2D eigenvalue weighted by Gasteiger charge is -2.33. The number of ether oxygens (including phenoxy) is 2. The fourth-order valence-corrected chi connectivity index (χ4v) is 4.23. The van der Waals surface area contributed by atoms with E-state index in [1.54, 1.807) is 24.0 Å². The van der Waals surface area contributed by atoms with Crippen molar-refractivity contribution in [2.45, 2.75) is 32.4 Å². The first-order chi connectivity index (χ1) is 14.2. The minimum absolute atomic E-state index is 0.334. The van der Waals surface area contributed by atoms with E-state index in [0.717, 1.165) is 56.3 Å². The number of methoxy groups -OCH3 is 2. The van der Waals surface area contributed by atoms with Gasteiger partial charge in [-0.2, -0.15) is 0 Å². The number of hydrogen-bond acceptors (Lipinski definition) is 5. The molecule has 3 rings (SSSR count). The standard InChI is InChI=1S/C21H32N6O2/c1-5-10-25-12-14-26(15-13-25)18(6-2)21-22-23-24-27(21)11-9-17-7-8-19(28-3)20(16-17)29-4/h5,7-8,16,18H,1,6,9-15H2,2-4H3/p+2/t18-/m1/s1. The summed E-state index contributed by atoms with van der Waals surface area (Å²) >= 11 is 0. The Kier molecular flexibility index (Phi) is 7.60. The monoisotopic (exact) mass is 402 g/mol. The second kappa shape index (κ2) is 10.4. The van der Waals surface area contributed by atoms with Crippen LogP contribution < -0.4 is 19.3 Å². The van der Waals surface area contributed by atoms with Crippen molar-refractivity contribution in [1.29, 1.82) is 0 Å². The van der Waals surface area contributed by atoms with Gasteiger partial charge in [-0.05, 0) is 40.6 Å². The van der Waals surface area contributed by atoms with Gasteiger partial charge in [0.15, 0.2) is 11.5 Å². The van der Waals surface area contributed by atoms with E-state index < -0.39 is 0 Å². The van der Waals surface area contributed by atoms with E-state index in [4.69, 9.17) is 9.47 Å². The summed E-state index contributed by atoms with van der Waals surface area (Å²) in [6, 6.07) is 6.36. The summed E-state index contributed by atoms with van der Waals surface area (Å²) in [5.74, 6) is 2.49. The molecule has 2 heterocycles. The van der Waals surface area contributed by atoms with E-state index in [9.17, 15) is 0 Å². The third-order valence-electron chi connectivity index (χ3n) is 5.86. The number of nitrogens with zero attached hydrogens (tertiary/aromatic N) is 4. The van der Waals surface area contributed by atoms with Gasteiger partial charge in [-0.1, -0.05) is 19.6 Å². The topological polar surface area (TPSA) is 70.9 Å². The summed E-state index contributed by atoms with van der Waals surface area (Å²) in [6.07, 6.45) is 3.89. The molecule has 2 aromatic rings. The summed E-state index contributed by atoms with van der Waals surface area (Å²) < 4.78 is 12.7. The van der Waals surface area contributed by atoms with Gasteiger partial charge in [0.05, 0.1) is 20.8 Å². The molecule has 1 saturated heterocycles. The molecular formula is C21H34N6O2+2. The van der Waals surface area contributed by atoms with Crippen molar-refractivity contribution >= 4 is 0 Å². The molecule has 1 fully saturated rings. The van der Waals surface area contributed by atoms with Crippen molar-refractivity contribution in [2.24, 2.45) is 0 Å². The molecule has 0 unspecified atom stereocenters. The van der Waals surface area contributed by atoms with Crippen LogP contribution in [0.15, 0.2) is 30.9 Å². The fraction of sp³-hybridized carbons (Fsp3) is 0.571. The molecule has 1 aliphatic heterocycles. The zero-order valence-electron chi connectivity index (χ0n) is 17.9. The van der Waals surface area contributed by atoms with Gasteiger partial charge >= 0.3 is 0 Å². The molecule has 8 heteroatoms. The molecule has 1 aromatic heterocycles. The van der Waals surface area contributed by atoms with Crippen LogP contribution >= 0.6 is 0 Å². The Morgan fingerprint density at radius 3 is 2.59 bits per heavy atom. The number of aromatic nitrogens is 4. The SMILES string of the molecule is C=CC[NH+]1CC[NH+]([C@H](CC)c2nnnn2CCc2ccc(OC)c(OC)c2)CC1. The molecule has 8 nitrogen and oxygen atoms in total. The number of nitrogens with one attached hydrogen (secondary N) is 2. The molecule has 0 aliphatic carbocycles. The molecular weight excluding hydrogens is 368 g/mol. The van der Waals surface area contributed by atoms with E-state index in [1.807, 2.05) is 22.9 Å². The third kappa shape index (κ3) is 5.13. The van der Waals surface area contributed by atoms with Gasteiger partial charge in [0, 0.05) is 13.0 Å². The lowest BCUT2D eigenvalue weighted by atomic mass is 10.1. The maximum Gasteiger partial charge on any atom is 0.209 e. The van der Waals surface area contributed by atoms with Gasteiger partial charge in [-0.15, -0.1) is 5.10 Å². The number of rotatable bonds is 10. The first-order valence-electron chi connectivity index (χ1n) is 10.5. The van der Waals surface area contributed by atoms with Gasteiger partial charge < -0.3 is 19.3 Å². The van der Waals surface area contributed by atoms with Crippen molar-refractivity contribution in [3.8, 4) is 11.5 Å². The number of tetrazole rings is 1. The first kappa shape index (κ1) is 21.3. The molecule has 0 amide bonds. The highest BCUT2D eigenvalue weighted by molar-refractivity contribution is 5.42. The summed E-state index contributed by atoms with van der Waals surface area (Å²) in [5, 5.41) is 12.7. The summed E-state index contributed by atoms with van der Waals surface area (Å²) in [6.45, 7) is 12.5. The van der Waals surface area contributed by atoms with Crippen molar-refractivity contribution in [2.75, 3.05) is 46.9 Å². The molecule has 0 spiro atoms. The number of piperazine rings is 1. The minimum atomic E-state index is 0.334. The first-order valence-corrected chi connectivity index (χ1v) is 10.5. The van der Waals surface area contributed by atoms with Gasteiger partial charge in [0.25, 0.3) is 0 Å². The third-order valence-corrected chi connectivity index (χ3v) is 5.86. The van der Waals surface area contributed by atoms with Crippen LogP contribution in [-0.4, -0.2) is 67.2 Å². The Labute approximate surface area is 173 Å². The fourth-order valence-electron chi connectivity index (χ4n) is 4.23. The van der Waals surface area contributed by atoms with Crippen molar-refractivity contribution in [1.82, 2.24) is 20.2 Å². The molecule has 0 saturated carbocycles. The van der Waals surface area contributed by atoms with Crippen molar-refractivity contribution in [3.05, 3.63) is 42.2 Å². The van der Waals surface area contributed by atoms with Crippen LogP contribution in [0.5, 0.6) is 11.5 Å². The Morgan fingerprint density at radius 2 is 1.93 bits per heavy atom. The number of hydrogen-bond donors (Lipinski definition) is 2. The molecule has 0 radical (unpaired) electrons. The van der Waals surface area contributed by atoms with Crippen LogP contribution in [0.3, 0.4) is 0 Å². The Morgan fingerprint density at radius 1 is 1.17 bits per heavy atom. The van der Waals surface area contributed by atoms with E-state index in [0.29, 0.717) is 6.04 Å². The largest absolute Gasteiger partial charge is 0.493 e. The molecule has 29 heavy (non-hydrogen) atoms. The molecule has 0 bridgehead atoms. The van der Waals surface area contributed by atoms with Gasteiger partial charge in [-0.3, -0.25) is 0 Å². The maximum absolute atomic E-state index is 5.41. The van der Waals surface area contributed by atoms with Gasteiger partial charge in [-0.25, -0.2) is 4.68 Å². The summed E-state index contributed by atoms with van der Waals surface area (Å²) in [7, 11) is 3.31. The second-order valence-electron chi connectivity index (χ2n) is 7.56. The highest BCUT2D eigenvalue weighted by Gasteiger charge is 2.32. The Hall–Kier alpha value is -2.45. The average molecular weight is 403 g/mol. The van der Waals surface area contributed by atoms with Crippen LogP contribution in [0.2, 0.25) is 0 Å². The second-order valence-corrected chi connectivity index (χ2v) is 7.56. The van der Waals surface area contributed by atoms with E-state index >= 15 is 0 Å². The van der Waals surface area contributed by atoms with Gasteiger partial charge in [0.1, 0.15) is 32.2 Å². The Balaban J connectivity index is 1.66. The van der Waals surface area contributed by atoms with Gasteiger partial charge in [0.2, 0.25) is 5.82 Å². The van der Waals surface area contributed by atoms with Crippen LogP contribution in [0, 0.1) is 0 Å². The number of quaternary nitrogens is 2. The van der Waals surface area contributed by atoms with Crippen LogP contribution in [0.1, 0.15) is 30.8 Å². The predicted molar refractivity (Wildman–Crippen MR) is 111 cm³/mol. The lowest BCUT2D eigenvalue weighted by Crippen LogP contribution is -3.28. The zero-order valence-corrected chi connectivity index (χ0v) is 17.9.